The van der Waals surface area contributed by atoms with Crippen LogP contribution in [0.4, 0.5) is 10.8 Å². The molecule has 0 spiro atoms. The summed E-state index contributed by atoms with van der Waals surface area (Å²) in [5, 5.41) is 3.63. The first-order valence-corrected chi connectivity index (χ1v) is 7.64. The molecule has 22 heavy (non-hydrogen) atoms. The van der Waals surface area contributed by atoms with Gasteiger partial charge in [0.05, 0.1) is 9.72 Å². The van der Waals surface area contributed by atoms with Crippen LogP contribution in [0.5, 0.6) is 5.75 Å². The first-order valence-electron chi connectivity index (χ1n) is 6.45. The number of thiazole rings is 1. The summed E-state index contributed by atoms with van der Waals surface area (Å²) in [5.41, 5.74) is 6.89. The van der Waals surface area contributed by atoms with Gasteiger partial charge in [0.1, 0.15) is 11.3 Å². The van der Waals surface area contributed by atoms with Crippen LogP contribution in [0.2, 0.25) is 5.02 Å². The van der Waals surface area contributed by atoms with Crippen LogP contribution in [0, 0.1) is 0 Å². The summed E-state index contributed by atoms with van der Waals surface area (Å²) in [6, 6.07) is 12.6. The molecular weight excluding hydrogens is 322 g/mol. The molecule has 1 amide bonds. The van der Waals surface area contributed by atoms with Crippen molar-refractivity contribution in [1.82, 2.24) is 4.98 Å². The average Bonchev–Trinajstić information content (AvgIpc) is 2.87. The van der Waals surface area contributed by atoms with Crippen LogP contribution in [0.1, 0.15) is 0 Å². The van der Waals surface area contributed by atoms with Crippen LogP contribution in [-0.2, 0) is 4.79 Å². The lowest BCUT2D eigenvalue weighted by Crippen LogP contribution is -2.20. The molecule has 3 rings (SSSR count). The molecule has 0 bridgehead atoms. The highest BCUT2D eigenvalue weighted by Crippen LogP contribution is 2.32. The summed E-state index contributed by atoms with van der Waals surface area (Å²) < 4.78 is 6.21. The smallest absolute Gasteiger partial charge is 0.262 e. The van der Waals surface area contributed by atoms with Crippen LogP contribution >= 0.6 is 22.9 Å². The summed E-state index contributed by atoms with van der Waals surface area (Å²) in [4.78, 5) is 16.1. The number of hydrogen-bond donors (Lipinski definition) is 2. The number of aromatic nitrogens is 1. The summed E-state index contributed by atoms with van der Waals surface area (Å²) >= 11 is 7.46. The average molecular weight is 334 g/mol. The Morgan fingerprint density at radius 2 is 2.09 bits per heavy atom. The van der Waals surface area contributed by atoms with Gasteiger partial charge in [-0.15, -0.1) is 0 Å². The number of nitrogens with zero attached hydrogens (tertiary/aromatic N) is 1. The number of nitrogens with one attached hydrogen (secondary N) is 1. The second kappa shape index (κ2) is 6.21. The number of carbonyl (C=O) groups excluding carboxylic acids is 1. The summed E-state index contributed by atoms with van der Waals surface area (Å²) in [6.07, 6.45) is 0. The summed E-state index contributed by atoms with van der Waals surface area (Å²) in [7, 11) is 0. The van der Waals surface area contributed by atoms with Crippen molar-refractivity contribution < 1.29 is 9.53 Å². The molecule has 0 unspecified atom stereocenters. The first-order chi connectivity index (χ1) is 10.6. The van der Waals surface area contributed by atoms with E-state index in [4.69, 9.17) is 22.1 Å². The van der Waals surface area contributed by atoms with Crippen LogP contribution < -0.4 is 15.8 Å². The molecule has 1 aromatic heterocycles. The number of fused-ring (bicyclic) bond motifs is 1. The number of nitrogens with two attached hydrogens (primary N) is 1. The largest absolute Gasteiger partial charge is 0.484 e. The Kier molecular flexibility index (Phi) is 4.13. The highest BCUT2D eigenvalue weighted by atomic mass is 35.5. The van der Waals surface area contributed by atoms with E-state index >= 15 is 0 Å². The van der Waals surface area contributed by atoms with Gasteiger partial charge >= 0.3 is 0 Å². The molecule has 0 saturated carbocycles. The second-order valence-electron chi connectivity index (χ2n) is 4.51. The Bertz CT molecular complexity index is 820. The number of amides is 1. The van der Waals surface area contributed by atoms with Crippen molar-refractivity contribution in [3.05, 3.63) is 47.5 Å². The maximum absolute atomic E-state index is 11.9. The first kappa shape index (κ1) is 14.6. The summed E-state index contributed by atoms with van der Waals surface area (Å²) in [6.45, 7) is -0.0789. The van der Waals surface area contributed by atoms with E-state index in [9.17, 15) is 4.79 Å². The molecule has 0 radical (unpaired) electrons. The zero-order chi connectivity index (χ0) is 15.5. The van der Waals surface area contributed by atoms with E-state index in [1.54, 1.807) is 24.3 Å². The third-order valence-corrected chi connectivity index (χ3v) is 3.98. The molecule has 0 aliphatic heterocycles. The minimum absolute atomic E-state index is 0.0789. The van der Waals surface area contributed by atoms with Gasteiger partial charge < -0.3 is 15.8 Å². The maximum Gasteiger partial charge on any atom is 0.262 e. The molecule has 0 aliphatic rings. The van der Waals surface area contributed by atoms with Crippen molar-refractivity contribution in [3.8, 4) is 5.75 Å². The standard InChI is InChI=1S/C15H12ClN3O2S/c16-11-6-9(7-12-14(11)19-15(17)22-12)18-13(20)8-21-10-4-2-1-3-5-10/h1-7H,8H2,(H2,17,19)(H,18,20). The van der Waals surface area contributed by atoms with E-state index in [1.165, 1.54) is 11.3 Å². The highest BCUT2D eigenvalue weighted by molar-refractivity contribution is 7.22. The number of ether oxygens (including phenoxy) is 1. The molecule has 0 atom stereocenters. The van der Waals surface area contributed by atoms with Crippen molar-refractivity contribution in [3.63, 3.8) is 0 Å². The molecular formula is C15H12ClN3O2S. The van der Waals surface area contributed by atoms with Gasteiger partial charge in [0.25, 0.3) is 5.91 Å². The molecule has 5 nitrogen and oxygen atoms in total. The van der Waals surface area contributed by atoms with Crippen molar-refractivity contribution in [2.75, 3.05) is 17.7 Å². The maximum atomic E-state index is 11.9. The number of carbonyl (C=O) groups is 1. The number of benzene rings is 2. The van der Waals surface area contributed by atoms with E-state index in [0.717, 1.165) is 4.70 Å². The third-order valence-electron chi connectivity index (χ3n) is 2.86. The normalized spacial score (nSPS) is 10.6. The van der Waals surface area contributed by atoms with E-state index in [0.29, 0.717) is 27.1 Å². The number of anilines is 2. The Balaban J connectivity index is 1.68. The van der Waals surface area contributed by atoms with Gasteiger partial charge in [-0.1, -0.05) is 41.1 Å². The van der Waals surface area contributed by atoms with Gasteiger partial charge in [0.2, 0.25) is 0 Å². The van der Waals surface area contributed by atoms with Crippen LogP contribution in [0.15, 0.2) is 42.5 Å². The van der Waals surface area contributed by atoms with Crippen molar-refractivity contribution in [2.24, 2.45) is 0 Å². The van der Waals surface area contributed by atoms with Crippen LogP contribution in [-0.4, -0.2) is 17.5 Å². The number of hydrogen-bond acceptors (Lipinski definition) is 5. The van der Waals surface area contributed by atoms with Crippen LogP contribution in [0.25, 0.3) is 10.2 Å². The van der Waals surface area contributed by atoms with Crippen LogP contribution in [0.3, 0.4) is 0 Å². The van der Waals surface area contributed by atoms with E-state index in [-0.39, 0.29) is 12.5 Å². The predicted octanol–water partition coefficient (Wildman–Crippen LogP) is 3.55. The Morgan fingerprint density at radius 1 is 1.32 bits per heavy atom. The third kappa shape index (κ3) is 3.29. The Labute approximate surface area is 135 Å². The fraction of sp³-hybridized carbons (Fsp3) is 0.0667. The van der Waals surface area contributed by atoms with Gasteiger partial charge in [-0.2, -0.15) is 0 Å². The Morgan fingerprint density at radius 3 is 2.86 bits per heavy atom. The highest BCUT2D eigenvalue weighted by Gasteiger charge is 2.10. The molecule has 0 aliphatic carbocycles. The number of para-hydroxylation sites is 1. The topological polar surface area (TPSA) is 77.2 Å². The minimum Gasteiger partial charge on any atom is -0.484 e. The molecule has 3 N–H and O–H groups in total. The van der Waals surface area contributed by atoms with Gasteiger partial charge in [-0.25, -0.2) is 4.98 Å². The zero-order valence-corrected chi connectivity index (χ0v) is 12.9. The Hall–Kier alpha value is -2.31. The lowest BCUT2D eigenvalue weighted by molar-refractivity contribution is -0.118. The molecule has 7 heteroatoms. The fourth-order valence-electron chi connectivity index (χ4n) is 1.94. The van der Waals surface area contributed by atoms with Crippen molar-refractivity contribution in [1.29, 1.82) is 0 Å². The van der Waals surface area contributed by atoms with Gasteiger partial charge in [-0.3, -0.25) is 4.79 Å². The number of halogens is 1. The summed E-state index contributed by atoms with van der Waals surface area (Å²) in [5.74, 6) is 0.373. The van der Waals surface area contributed by atoms with E-state index in [1.807, 2.05) is 18.2 Å². The SMILES string of the molecule is Nc1nc2c(Cl)cc(NC(=O)COc3ccccc3)cc2s1. The second-order valence-corrected chi connectivity index (χ2v) is 5.98. The van der Waals surface area contributed by atoms with E-state index in [2.05, 4.69) is 10.3 Å². The molecule has 0 saturated heterocycles. The number of rotatable bonds is 4. The lowest BCUT2D eigenvalue weighted by Gasteiger charge is -2.08. The molecule has 0 fully saturated rings. The van der Waals surface area contributed by atoms with Crippen molar-refractivity contribution >= 4 is 49.9 Å². The molecule has 3 aromatic rings. The predicted molar refractivity (Wildman–Crippen MR) is 89.6 cm³/mol. The molecule has 112 valence electrons. The van der Waals surface area contributed by atoms with Gasteiger partial charge in [0, 0.05) is 5.69 Å². The van der Waals surface area contributed by atoms with E-state index < -0.39 is 0 Å². The monoisotopic (exact) mass is 333 g/mol. The zero-order valence-electron chi connectivity index (χ0n) is 11.4. The quantitative estimate of drug-likeness (QED) is 0.765. The van der Waals surface area contributed by atoms with Crippen molar-refractivity contribution in [2.45, 2.75) is 0 Å². The number of nitrogen functional groups attached to an aromatic ring is 1. The lowest BCUT2D eigenvalue weighted by atomic mass is 10.3. The van der Waals surface area contributed by atoms with Gasteiger partial charge in [0.15, 0.2) is 11.7 Å². The van der Waals surface area contributed by atoms with Gasteiger partial charge in [-0.05, 0) is 24.3 Å². The fourth-order valence-corrected chi connectivity index (χ4v) is 3.06. The molecule has 2 aromatic carbocycles. The molecule has 1 heterocycles. The minimum atomic E-state index is -0.267.